The number of carboxylic acid groups (broad SMARTS) is 1. The maximum atomic E-state index is 13.3. The van der Waals surface area contributed by atoms with Gasteiger partial charge in [0.15, 0.2) is 6.29 Å². The third kappa shape index (κ3) is 2.79. The highest BCUT2D eigenvalue weighted by molar-refractivity contribution is 5.79. The van der Waals surface area contributed by atoms with Crippen molar-refractivity contribution in [3.05, 3.63) is 29.8 Å². The number of hydrogen-bond acceptors (Lipinski definition) is 3. The van der Waals surface area contributed by atoms with Crippen LogP contribution < -0.4 is 4.74 Å². The second kappa shape index (κ2) is 5.27. The Morgan fingerprint density at radius 1 is 1.38 bits per heavy atom. The fourth-order valence-electron chi connectivity index (χ4n) is 2.20. The normalized spacial score (nSPS) is 22.1. The molecule has 5 nitrogen and oxygen atoms in total. The Bertz CT molecular complexity index is 561. The van der Waals surface area contributed by atoms with E-state index in [1.54, 1.807) is 0 Å². The number of nitrogens with zero attached hydrogens (tertiary/aromatic N) is 1. The van der Waals surface area contributed by atoms with E-state index in [0.717, 1.165) is 0 Å². The fraction of sp³-hybridized carbons (Fsp3) is 0.385. The van der Waals surface area contributed by atoms with Crippen molar-refractivity contribution < 1.29 is 32.6 Å². The van der Waals surface area contributed by atoms with Crippen molar-refractivity contribution in [1.29, 1.82) is 0 Å². The summed E-state index contributed by atoms with van der Waals surface area (Å²) in [5.74, 6) is -0.211. The van der Waals surface area contributed by atoms with Crippen LogP contribution >= 0.6 is 0 Å². The number of aldehydes is 1. The van der Waals surface area contributed by atoms with Crippen LogP contribution in [0.25, 0.3) is 0 Å². The van der Waals surface area contributed by atoms with E-state index >= 15 is 0 Å². The molecule has 1 unspecified atom stereocenters. The predicted molar refractivity (Wildman–Crippen MR) is 65.5 cm³/mol. The van der Waals surface area contributed by atoms with Crippen LogP contribution in [-0.4, -0.2) is 47.3 Å². The van der Waals surface area contributed by atoms with Crippen molar-refractivity contribution in [3.63, 3.8) is 0 Å². The van der Waals surface area contributed by atoms with Crippen LogP contribution in [0.3, 0.4) is 0 Å². The van der Waals surface area contributed by atoms with Crippen molar-refractivity contribution >= 4 is 12.4 Å². The summed E-state index contributed by atoms with van der Waals surface area (Å²) in [4.78, 5) is 22.4. The molecule has 0 aliphatic carbocycles. The first-order chi connectivity index (χ1) is 9.79. The predicted octanol–water partition coefficient (Wildman–Crippen LogP) is 2.56. The number of para-hydroxylation sites is 1. The molecule has 1 N–H and O–H groups in total. The Balaban J connectivity index is 2.35. The van der Waals surface area contributed by atoms with E-state index in [9.17, 15) is 22.8 Å². The summed E-state index contributed by atoms with van der Waals surface area (Å²) in [7, 11) is 0. The SMILES string of the molecule is O=Cc1ccccc1OC1(C(F)(F)F)CCN(C(=O)O)C1. The fourth-order valence-corrected chi connectivity index (χ4v) is 2.20. The minimum atomic E-state index is -4.76. The number of ether oxygens (including phenoxy) is 1. The van der Waals surface area contributed by atoms with Gasteiger partial charge in [0.05, 0.1) is 12.1 Å². The molecule has 8 heteroatoms. The van der Waals surface area contributed by atoms with Gasteiger partial charge in [0.1, 0.15) is 5.75 Å². The number of carbonyl (C=O) groups is 2. The summed E-state index contributed by atoms with van der Waals surface area (Å²) in [5.41, 5.74) is -2.65. The van der Waals surface area contributed by atoms with Gasteiger partial charge < -0.3 is 14.7 Å². The molecule has 114 valence electrons. The average molecular weight is 303 g/mol. The molecule has 1 aliphatic heterocycles. The smallest absolute Gasteiger partial charge is 0.430 e. The molecule has 21 heavy (non-hydrogen) atoms. The standard InChI is InChI=1S/C13H12F3NO4/c14-13(15,16)12(5-6-17(8-12)11(19)20)21-10-4-2-1-3-9(10)7-18/h1-4,7H,5-6,8H2,(H,19,20). The van der Waals surface area contributed by atoms with E-state index in [4.69, 9.17) is 9.84 Å². The van der Waals surface area contributed by atoms with Gasteiger partial charge in [-0.15, -0.1) is 0 Å². The number of likely N-dealkylation sites (tertiary alicyclic amines) is 1. The molecule has 1 aliphatic rings. The topological polar surface area (TPSA) is 66.8 Å². The second-order valence-electron chi connectivity index (χ2n) is 4.70. The average Bonchev–Trinajstić information content (AvgIpc) is 2.85. The molecule has 1 heterocycles. The van der Waals surface area contributed by atoms with Gasteiger partial charge in [0, 0.05) is 13.0 Å². The van der Waals surface area contributed by atoms with Crippen LogP contribution in [0.1, 0.15) is 16.8 Å². The Kier molecular flexibility index (Phi) is 3.80. The third-order valence-electron chi connectivity index (χ3n) is 3.37. The lowest BCUT2D eigenvalue weighted by molar-refractivity contribution is -0.242. The Hall–Kier alpha value is -2.25. The van der Waals surface area contributed by atoms with Gasteiger partial charge in [0.2, 0.25) is 5.60 Å². The van der Waals surface area contributed by atoms with Gasteiger partial charge >= 0.3 is 12.3 Å². The maximum Gasteiger partial charge on any atom is 0.430 e. The zero-order valence-electron chi connectivity index (χ0n) is 10.8. The zero-order chi connectivity index (χ0) is 15.7. The number of benzene rings is 1. The molecule has 0 spiro atoms. The molecule has 0 saturated carbocycles. The first kappa shape index (κ1) is 15.1. The van der Waals surface area contributed by atoms with Gasteiger partial charge in [-0.2, -0.15) is 13.2 Å². The van der Waals surface area contributed by atoms with Crippen molar-refractivity contribution in [2.75, 3.05) is 13.1 Å². The number of amides is 1. The van der Waals surface area contributed by atoms with Crippen molar-refractivity contribution in [1.82, 2.24) is 4.90 Å². The molecule has 1 fully saturated rings. The van der Waals surface area contributed by atoms with E-state index in [0.29, 0.717) is 11.2 Å². The number of alkyl halides is 3. The largest absolute Gasteiger partial charge is 0.475 e. The van der Waals surface area contributed by atoms with Crippen molar-refractivity contribution in [3.8, 4) is 5.75 Å². The molecule has 1 aromatic rings. The van der Waals surface area contributed by atoms with E-state index in [-0.39, 0.29) is 17.9 Å². The summed E-state index contributed by atoms with van der Waals surface area (Å²) in [6.07, 6.45) is -6.32. The first-order valence-electron chi connectivity index (χ1n) is 6.07. The van der Waals surface area contributed by atoms with E-state index in [2.05, 4.69) is 0 Å². The summed E-state index contributed by atoms with van der Waals surface area (Å²) < 4.78 is 45.1. The Morgan fingerprint density at radius 3 is 2.57 bits per heavy atom. The van der Waals surface area contributed by atoms with Gasteiger partial charge in [-0.05, 0) is 12.1 Å². The number of halogens is 3. The monoisotopic (exact) mass is 303 g/mol. The lowest BCUT2D eigenvalue weighted by Gasteiger charge is -2.32. The molecule has 1 atom stereocenters. The van der Waals surface area contributed by atoms with Gasteiger partial charge in [-0.25, -0.2) is 4.79 Å². The van der Waals surface area contributed by atoms with E-state index in [1.807, 2.05) is 0 Å². The minimum Gasteiger partial charge on any atom is -0.475 e. The van der Waals surface area contributed by atoms with Crippen LogP contribution in [0.4, 0.5) is 18.0 Å². The highest BCUT2D eigenvalue weighted by atomic mass is 19.4. The van der Waals surface area contributed by atoms with Crippen LogP contribution in [0.2, 0.25) is 0 Å². The van der Waals surface area contributed by atoms with Crippen molar-refractivity contribution in [2.24, 2.45) is 0 Å². The molecule has 0 radical (unpaired) electrons. The number of hydrogen-bond donors (Lipinski definition) is 1. The number of rotatable bonds is 3. The molecular formula is C13H12F3NO4. The first-order valence-corrected chi connectivity index (χ1v) is 6.07. The Labute approximate surface area is 117 Å². The maximum absolute atomic E-state index is 13.3. The molecule has 0 aromatic heterocycles. The highest BCUT2D eigenvalue weighted by Gasteiger charge is 2.61. The van der Waals surface area contributed by atoms with Crippen LogP contribution in [0.5, 0.6) is 5.75 Å². The lowest BCUT2D eigenvalue weighted by atomic mass is 10.0. The van der Waals surface area contributed by atoms with Gasteiger partial charge in [-0.1, -0.05) is 12.1 Å². The van der Waals surface area contributed by atoms with E-state index < -0.39 is 30.8 Å². The molecule has 2 rings (SSSR count). The Morgan fingerprint density at radius 2 is 2.05 bits per heavy atom. The number of carbonyl (C=O) groups excluding carboxylic acids is 1. The van der Waals surface area contributed by atoms with Gasteiger partial charge in [0.25, 0.3) is 0 Å². The third-order valence-corrected chi connectivity index (χ3v) is 3.37. The van der Waals surface area contributed by atoms with Crippen LogP contribution in [0.15, 0.2) is 24.3 Å². The summed E-state index contributed by atoms with van der Waals surface area (Å²) in [6.45, 7) is -1.10. The van der Waals surface area contributed by atoms with Gasteiger partial charge in [-0.3, -0.25) is 4.79 Å². The van der Waals surface area contributed by atoms with Crippen LogP contribution in [0, 0.1) is 0 Å². The minimum absolute atomic E-state index is 0.0186. The molecule has 1 saturated heterocycles. The molecule has 1 aromatic carbocycles. The van der Waals surface area contributed by atoms with Crippen molar-refractivity contribution in [2.45, 2.75) is 18.2 Å². The van der Waals surface area contributed by atoms with Crippen LogP contribution in [-0.2, 0) is 0 Å². The quantitative estimate of drug-likeness (QED) is 0.872. The molecular weight excluding hydrogens is 291 g/mol. The molecule has 1 amide bonds. The zero-order valence-corrected chi connectivity index (χ0v) is 10.8. The summed E-state index contributed by atoms with van der Waals surface area (Å²) in [6, 6.07) is 5.52. The summed E-state index contributed by atoms with van der Waals surface area (Å²) in [5, 5.41) is 8.82. The highest BCUT2D eigenvalue weighted by Crippen LogP contribution is 2.42. The lowest BCUT2D eigenvalue weighted by Crippen LogP contribution is -2.52. The van der Waals surface area contributed by atoms with E-state index in [1.165, 1.54) is 24.3 Å². The molecule has 0 bridgehead atoms. The second-order valence-corrected chi connectivity index (χ2v) is 4.70. The summed E-state index contributed by atoms with van der Waals surface area (Å²) >= 11 is 0.